The molecule has 2 rings (SSSR count). The van der Waals surface area contributed by atoms with Crippen molar-refractivity contribution in [1.29, 1.82) is 0 Å². The SMILES string of the molecule is Cc1nc(SCc2cc(C(=O)NN)c(C)o2)n[nH]1. The number of furan rings is 1. The first-order valence-corrected chi connectivity index (χ1v) is 6.20. The average Bonchev–Trinajstić information content (AvgIpc) is 2.92. The molecule has 2 heterocycles. The number of rotatable bonds is 4. The van der Waals surface area contributed by atoms with Crippen LogP contribution in [-0.4, -0.2) is 21.1 Å². The molecule has 0 spiro atoms. The molecule has 0 aliphatic rings. The summed E-state index contributed by atoms with van der Waals surface area (Å²) in [7, 11) is 0. The van der Waals surface area contributed by atoms with Gasteiger partial charge in [0.1, 0.15) is 17.3 Å². The first-order chi connectivity index (χ1) is 8.60. The third-order valence-electron chi connectivity index (χ3n) is 2.26. The maximum absolute atomic E-state index is 11.4. The van der Waals surface area contributed by atoms with E-state index in [1.54, 1.807) is 13.0 Å². The zero-order valence-electron chi connectivity index (χ0n) is 9.98. The minimum absolute atomic E-state index is 0.360. The number of H-pyrrole nitrogens is 1. The highest BCUT2D eigenvalue weighted by molar-refractivity contribution is 7.98. The second-order valence-electron chi connectivity index (χ2n) is 3.65. The zero-order chi connectivity index (χ0) is 13.1. The summed E-state index contributed by atoms with van der Waals surface area (Å²) in [6, 6.07) is 1.67. The summed E-state index contributed by atoms with van der Waals surface area (Å²) in [6.07, 6.45) is 0. The van der Waals surface area contributed by atoms with Crippen molar-refractivity contribution in [2.24, 2.45) is 5.84 Å². The number of hydrogen-bond donors (Lipinski definition) is 3. The smallest absolute Gasteiger partial charge is 0.268 e. The van der Waals surface area contributed by atoms with E-state index < -0.39 is 0 Å². The van der Waals surface area contributed by atoms with Gasteiger partial charge in [-0.2, -0.15) is 0 Å². The minimum atomic E-state index is -0.360. The number of hydrazine groups is 1. The van der Waals surface area contributed by atoms with Crippen molar-refractivity contribution >= 4 is 17.7 Å². The first kappa shape index (κ1) is 12.7. The minimum Gasteiger partial charge on any atom is -0.465 e. The molecular formula is C10H13N5O2S. The summed E-state index contributed by atoms with van der Waals surface area (Å²) < 4.78 is 5.46. The molecule has 18 heavy (non-hydrogen) atoms. The maximum Gasteiger partial charge on any atom is 0.268 e. The molecule has 0 aliphatic carbocycles. The third kappa shape index (κ3) is 2.71. The summed E-state index contributed by atoms with van der Waals surface area (Å²) >= 11 is 1.43. The third-order valence-corrected chi connectivity index (χ3v) is 3.13. The molecule has 0 saturated carbocycles. The zero-order valence-corrected chi connectivity index (χ0v) is 10.8. The summed E-state index contributed by atoms with van der Waals surface area (Å²) in [5.41, 5.74) is 2.52. The van der Waals surface area contributed by atoms with Crippen LogP contribution in [0.15, 0.2) is 15.6 Å². The van der Waals surface area contributed by atoms with Gasteiger partial charge in [0.15, 0.2) is 0 Å². The molecule has 0 unspecified atom stereocenters. The topological polar surface area (TPSA) is 110 Å². The highest BCUT2D eigenvalue weighted by atomic mass is 32.2. The number of aromatic amines is 1. The van der Waals surface area contributed by atoms with Gasteiger partial charge >= 0.3 is 0 Å². The molecule has 2 aromatic rings. The first-order valence-electron chi connectivity index (χ1n) is 5.22. The maximum atomic E-state index is 11.4. The van der Waals surface area contributed by atoms with E-state index in [2.05, 4.69) is 20.6 Å². The van der Waals surface area contributed by atoms with Gasteiger partial charge in [0.05, 0.1) is 11.3 Å². The van der Waals surface area contributed by atoms with Crippen molar-refractivity contribution in [3.05, 3.63) is 29.0 Å². The predicted molar refractivity (Wildman–Crippen MR) is 65.8 cm³/mol. The molecule has 96 valence electrons. The monoisotopic (exact) mass is 267 g/mol. The Balaban J connectivity index is 2.04. The van der Waals surface area contributed by atoms with E-state index in [1.165, 1.54) is 11.8 Å². The number of carbonyl (C=O) groups excluding carboxylic acids is 1. The van der Waals surface area contributed by atoms with Crippen LogP contribution in [0, 0.1) is 13.8 Å². The molecule has 7 nitrogen and oxygen atoms in total. The van der Waals surface area contributed by atoms with Crippen LogP contribution in [0.1, 0.15) is 27.7 Å². The molecule has 0 saturated heterocycles. The number of aromatic nitrogens is 3. The molecule has 0 atom stereocenters. The lowest BCUT2D eigenvalue weighted by atomic mass is 10.2. The molecule has 8 heteroatoms. The van der Waals surface area contributed by atoms with E-state index in [0.717, 1.165) is 5.82 Å². The van der Waals surface area contributed by atoms with Crippen molar-refractivity contribution in [2.75, 3.05) is 0 Å². The summed E-state index contributed by atoms with van der Waals surface area (Å²) in [4.78, 5) is 15.6. The summed E-state index contributed by atoms with van der Waals surface area (Å²) in [5, 5.41) is 7.40. The number of amides is 1. The number of thioether (sulfide) groups is 1. The number of carbonyl (C=O) groups is 1. The molecule has 0 radical (unpaired) electrons. The fourth-order valence-electron chi connectivity index (χ4n) is 1.44. The van der Waals surface area contributed by atoms with E-state index in [9.17, 15) is 4.79 Å². The number of nitrogens with zero attached hydrogens (tertiary/aromatic N) is 2. The van der Waals surface area contributed by atoms with E-state index in [1.807, 2.05) is 6.92 Å². The fourth-order valence-corrected chi connectivity index (χ4v) is 2.17. The Kier molecular flexibility index (Phi) is 3.68. The van der Waals surface area contributed by atoms with Crippen molar-refractivity contribution in [1.82, 2.24) is 20.6 Å². The van der Waals surface area contributed by atoms with Crippen molar-refractivity contribution in [3.63, 3.8) is 0 Å². The van der Waals surface area contributed by atoms with Crippen LogP contribution in [0.4, 0.5) is 0 Å². The van der Waals surface area contributed by atoms with Gasteiger partial charge in [-0.15, -0.1) is 5.10 Å². The fraction of sp³-hybridized carbons (Fsp3) is 0.300. The summed E-state index contributed by atoms with van der Waals surface area (Å²) in [6.45, 7) is 3.55. The Hall–Kier alpha value is -1.80. The van der Waals surface area contributed by atoms with Crippen LogP contribution in [0.25, 0.3) is 0 Å². The Morgan fingerprint density at radius 2 is 2.39 bits per heavy atom. The van der Waals surface area contributed by atoms with Gasteiger partial charge in [-0.3, -0.25) is 15.3 Å². The lowest BCUT2D eigenvalue weighted by Crippen LogP contribution is -2.30. The van der Waals surface area contributed by atoms with E-state index >= 15 is 0 Å². The van der Waals surface area contributed by atoms with Gasteiger partial charge in [0.2, 0.25) is 5.16 Å². The molecule has 2 aromatic heterocycles. The Morgan fingerprint density at radius 3 is 3.00 bits per heavy atom. The Morgan fingerprint density at radius 1 is 1.61 bits per heavy atom. The second-order valence-corrected chi connectivity index (χ2v) is 4.59. The largest absolute Gasteiger partial charge is 0.465 e. The molecule has 1 amide bonds. The lowest BCUT2D eigenvalue weighted by molar-refractivity contribution is 0.0952. The number of aryl methyl sites for hydroxylation is 2. The molecule has 0 aliphatic heterocycles. The molecule has 0 bridgehead atoms. The predicted octanol–water partition coefficient (Wildman–Crippen LogP) is 0.910. The molecule has 0 aromatic carbocycles. The van der Waals surface area contributed by atoms with Crippen LogP contribution in [0.2, 0.25) is 0 Å². The quantitative estimate of drug-likeness (QED) is 0.329. The van der Waals surface area contributed by atoms with Crippen molar-refractivity contribution in [3.8, 4) is 0 Å². The van der Waals surface area contributed by atoms with Gasteiger partial charge in [0, 0.05) is 0 Å². The van der Waals surface area contributed by atoms with Crippen LogP contribution in [0.3, 0.4) is 0 Å². The number of nitrogens with two attached hydrogens (primary N) is 1. The van der Waals surface area contributed by atoms with Crippen molar-refractivity contribution < 1.29 is 9.21 Å². The number of nitrogen functional groups attached to an aromatic ring is 1. The molecular weight excluding hydrogens is 254 g/mol. The van der Waals surface area contributed by atoms with Crippen LogP contribution in [0.5, 0.6) is 0 Å². The van der Waals surface area contributed by atoms with Crippen LogP contribution >= 0.6 is 11.8 Å². The second kappa shape index (κ2) is 5.23. The van der Waals surface area contributed by atoms with Gasteiger partial charge in [-0.05, 0) is 19.9 Å². The van der Waals surface area contributed by atoms with E-state index in [-0.39, 0.29) is 5.91 Å². The molecule has 0 fully saturated rings. The van der Waals surface area contributed by atoms with Gasteiger partial charge in [-0.25, -0.2) is 10.8 Å². The lowest BCUT2D eigenvalue weighted by Gasteiger charge is -1.93. The van der Waals surface area contributed by atoms with Crippen LogP contribution < -0.4 is 11.3 Å². The summed E-state index contributed by atoms with van der Waals surface area (Å²) in [5.74, 6) is 7.25. The van der Waals surface area contributed by atoms with Gasteiger partial charge < -0.3 is 4.42 Å². The Labute approximate surface area is 108 Å². The van der Waals surface area contributed by atoms with E-state index in [4.69, 9.17) is 10.3 Å². The standard InChI is InChI=1S/C10H13N5O2S/c1-5-8(9(16)13-11)3-7(17-5)4-18-10-12-6(2)14-15-10/h3H,4,11H2,1-2H3,(H,13,16)(H,12,14,15). The number of hydrogen-bond acceptors (Lipinski definition) is 6. The molecule has 4 N–H and O–H groups in total. The van der Waals surface area contributed by atoms with Gasteiger partial charge in [-0.1, -0.05) is 11.8 Å². The van der Waals surface area contributed by atoms with Crippen molar-refractivity contribution in [2.45, 2.75) is 24.8 Å². The van der Waals surface area contributed by atoms with Gasteiger partial charge in [0.25, 0.3) is 5.91 Å². The highest BCUT2D eigenvalue weighted by Crippen LogP contribution is 2.22. The number of nitrogens with one attached hydrogen (secondary N) is 2. The van der Waals surface area contributed by atoms with E-state index in [0.29, 0.717) is 28.0 Å². The Bertz CT molecular complexity index is 562. The van der Waals surface area contributed by atoms with Crippen LogP contribution in [-0.2, 0) is 5.75 Å². The normalized spacial score (nSPS) is 10.6. The highest BCUT2D eigenvalue weighted by Gasteiger charge is 2.14. The average molecular weight is 267 g/mol.